The average Bonchev–Trinajstić information content (AvgIpc) is 3.00. The van der Waals surface area contributed by atoms with Crippen LogP contribution in [0.3, 0.4) is 0 Å². The van der Waals surface area contributed by atoms with E-state index in [0.29, 0.717) is 23.7 Å². The maximum absolute atomic E-state index is 14.3. The van der Waals surface area contributed by atoms with Crippen LogP contribution in [0.25, 0.3) is 0 Å². The molecule has 0 aromatic heterocycles. The number of carbonyl (C=O) groups is 2. The second-order valence-electron chi connectivity index (χ2n) is 10.1. The molecule has 3 aromatic rings. The van der Waals surface area contributed by atoms with Crippen molar-refractivity contribution in [1.82, 2.24) is 10.2 Å². The van der Waals surface area contributed by atoms with Crippen LogP contribution in [0.2, 0.25) is 5.02 Å². The van der Waals surface area contributed by atoms with Crippen molar-refractivity contribution in [1.29, 1.82) is 0 Å². The fourth-order valence-corrected chi connectivity index (χ4v) is 6.10. The van der Waals surface area contributed by atoms with E-state index in [2.05, 4.69) is 5.32 Å². The molecule has 0 fully saturated rings. The number of nitrogens with one attached hydrogen (secondary N) is 1. The minimum atomic E-state index is -4.27. The van der Waals surface area contributed by atoms with Gasteiger partial charge in [-0.1, -0.05) is 61.7 Å². The molecule has 11 heteroatoms. The summed E-state index contributed by atoms with van der Waals surface area (Å²) >= 11 is 6.09. The van der Waals surface area contributed by atoms with Gasteiger partial charge in [0.05, 0.1) is 24.8 Å². The lowest BCUT2D eigenvalue weighted by Gasteiger charge is -2.33. The molecule has 3 rings (SSSR count). The molecule has 0 radical (unpaired) electrons. The van der Waals surface area contributed by atoms with E-state index in [-0.39, 0.29) is 28.8 Å². The lowest BCUT2D eigenvalue weighted by molar-refractivity contribution is -0.140. The molecule has 0 aliphatic carbocycles. The summed E-state index contributed by atoms with van der Waals surface area (Å²) in [7, 11) is -1.39. The van der Waals surface area contributed by atoms with Crippen LogP contribution in [0.15, 0.2) is 71.6 Å². The van der Waals surface area contributed by atoms with Crippen molar-refractivity contribution in [3.8, 4) is 11.5 Å². The quantitative estimate of drug-likeness (QED) is 0.220. The number of methoxy groups -OCH3 is 2. The van der Waals surface area contributed by atoms with Crippen LogP contribution in [-0.4, -0.2) is 58.5 Å². The van der Waals surface area contributed by atoms with Gasteiger partial charge in [0, 0.05) is 24.2 Å². The highest BCUT2D eigenvalue weighted by Crippen LogP contribution is 2.36. The summed E-state index contributed by atoms with van der Waals surface area (Å²) in [6, 6.07) is 17.2. The second-order valence-corrected chi connectivity index (χ2v) is 12.4. The van der Waals surface area contributed by atoms with Gasteiger partial charge in [0.15, 0.2) is 0 Å². The molecule has 0 aliphatic rings. The number of halogens is 1. The van der Waals surface area contributed by atoms with E-state index >= 15 is 0 Å². The van der Waals surface area contributed by atoms with Gasteiger partial charge in [-0.25, -0.2) is 8.42 Å². The molecule has 232 valence electrons. The van der Waals surface area contributed by atoms with E-state index in [1.165, 1.54) is 37.3 Å². The zero-order chi connectivity index (χ0) is 31.6. The molecular formula is C32H40ClN3O6S. The topological polar surface area (TPSA) is 105 Å². The first-order chi connectivity index (χ1) is 20.5. The van der Waals surface area contributed by atoms with E-state index in [4.69, 9.17) is 21.1 Å². The van der Waals surface area contributed by atoms with Crippen molar-refractivity contribution in [3.05, 3.63) is 82.9 Å². The molecule has 1 N–H and O–H groups in total. The van der Waals surface area contributed by atoms with Crippen molar-refractivity contribution in [2.45, 2.75) is 57.5 Å². The number of benzene rings is 3. The average molecular weight is 630 g/mol. The van der Waals surface area contributed by atoms with E-state index in [1.807, 2.05) is 20.8 Å². The van der Waals surface area contributed by atoms with Gasteiger partial charge in [-0.05, 0) is 61.7 Å². The first-order valence-corrected chi connectivity index (χ1v) is 16.0. The number of hydrogen-bond acceptors (Lipinski definition) is 6. The molecular weight excluding hydrogens is 590 g/mol. The second kappa shape index (κ2) is 15.6. The van der Waals surface area contributed by atoms with Crippen LogP contribution >= 0.6 is 11.6 Å². The molecule has 0 aliphatic heterocycles. The SMILES string of the molecule is CCCCNC(=O)[C@@H](CC)N(Cc1ccc(Cl)cc1)C(=O)CN(c1cc(OC)ccc1OC)S(=O)(=O)c1ccc(C)cc1. The predicted molar refractivity (Wildman–Crippen MR) is 169 cm³/mol. The highest BCUT2D eigenvalue weighted by atomic mass is 35.5. The van der Waals surface area contributed by atoms with Gasteiger partial charge >= 0.3 is 0 Å². The van der Waals surface area contributed by atoms with Crippen molar-refractivity contribution in [2.75, 3.05) is 31.6 Å². The van der Waals surface area contributed by atoms with Crippen molar-refractivity contribution in [3.63, 3.8) is 0 Å². The Morgan fingerprint density at radius 3 is 2.21 bits per heavy atom. The van der Waals surface area contributed by atoms with Gasteiger partial charge in [-0.15, -0.1) is 0 Å². The van der Waals surface area contributed by atoms with Crippen molar-refractivity contribution in [2.24, 2.45) is 0 Å². The Labute approximate surface area is 259 Å². The minimum Gasteiger partial charge on any atom is -0.497 e. The fraction of sp³-hybridized carbons (Fsp3) is 0.375. The van der Waals surface area contributed by atoms with E-state index < -0.39 is 28.5 Å². The summed E-state index contributed by atoms with van der Waals surface area (Å²) in [5.74, 6) is -0.247. The lowest BCUT2D eigenvalue weighted by atomic mass is 10.1. The number of ether oxygens (including phenoxy) is 2. The zero-order valence-corrected chi connectivity index (χ0v) is 26.9. The van der Waals surface area contributed by atoms with Gasteiger partial charge in [0.1, 0.15) is 24.1 Å². The van der Waals surface area contributed by atoms with E-state index in [1.54, 1.807) is 48.5 Å². The Kier molecular flexibility index (Phi) is 12.3. The standard InChI is InChI=1S/C32H40ClN3O6S/c1-6-8-19-34-32(38)28(7-2)35(21-24-11-13-25(33)14-12-24)31(37)22-36(29-20-26(41-4)15-18-30(29)42-5)43(39,40)27-16-9-23(3)10-17-27/h9-18,20,28H,6-8,19,21-22H2,1-5H3,(H,34,38)/t28-/m1/s1. The zero-order valence-electron chi connectivity index (χ0n) is 25.3. The molecule has 0 saturated carbocycles. The highest BCUT2D eigenvalue weighted by Gasteiger charge is 2.35. The molecule has 1 atom stereocenters. The molecule has 3 aromatic carbocycles. The molecule has 0 unspecified atom stereocenters. The monoisotopic (exact) mass is 629 g/mol. The number of nitrogens with zero attached hydrogens (tertiary/aromatic N) is 2. The Morgan fingerprint density at radius 1 is 0.953 bits per heavy atom. The number of anilines is 1. The molecule has 0 spiro atoms. The fourth-order valence-electron chi connectivity index (χ4n) is 4.55. The Morgan fingerprint density at radius 2 is 1.63 bits per heavy atom. The Hall–Kier alpha value is -3.76. The van der Waals surface area contributed by atoms with E-state index in [9.17, 15) is 18.0 Å². The summed E-state index contributed by atoms with van der Waals surface area (Å²) in [6.07, 6.45) is 2.02. The number of aryl methyl sites for hydroxylation is 1. The van der Waals surface area contributed by atoms with Crippen LogP contribution in [0.4, 0.5) is 5.69 Å². The maximum atomic E-state index is 14.3. The van der Waals surface area contributed by atoms with Crippen molar-refractivity contribution < 1.29 is 27.5 Å². The molecule has 2 amide bonds. The van der Waals surface area contributed by atoms with E-state index in [0.717, 1.165) is 28.3 Å². The van der Waals surface area contributed by atoms with Gasteiger partial charge in [0.25, 0.3) is 10.0 Å². The van der Waals surface area contributed by atoms with Gasteiger partial charge in [0.2, 0.25) is 11.8 Å². The van der Waals surface area contributed by atoms with Gasteiger partial charge in [-0.2, -0.15) is 0 Å². The number of sulfonamides is 1. The third-order valence-corrected chi connectivity index (χ3v) is 9.05. The number of carbonyl (C=O) groups excluding carboxylic acids is 2. The maximum Gasteiger partial charge on any atom is 0.264 e. The summed E-state index contributed by atoms with van der Waals surface area (Å²) < 4.78 is 40.3. The Balaban J connectivity index is 2.12. The molecule has 0 saturated heterocycles. The summed E-state index contributed by atoms with van der Waals surface area (Å²) in [6.45, 7) is 5.65. The first kappa shape index (κ1) is 33.7. The van der Waals surface area contributed by atoms with Crippen LogP contribution < -0.4 is 19.1 Å². The number of hydrogen-bond donors (Lipinski definition) is 1. The number of rotatable bonds is 15. The lowest BCUT2D eigenvalue weighted by Crippen LogP contribution is -2.52. The normalized spacial score (nSPS) is 11.9. The third-order valence-electron chi connectivity index (χ3n) is 7.02. The number of unbranched alkanes of at least 4 members (excludes halogenated alkanes) is 1. The largest absolute Gasteiger partial charge is 0.497 e. The number of amides is 2. The Bertz CT molecular complexity index is 1480. The van der Waals surface area contributed by atoms with Gasteiger partial charge in [-0.3, -0.25) is 13.9 Å². The molecule has 43 heavy (non-hydrogen) atoms. The molecule has 0 bridgehead atoms. The van der Waals surface area contributed by atoms with Crippen LogP contribution in [0, 0.1) is 6.92 Å². The third kappa shape index (κ3) is 8.64. The summed E-state index contributed by atoms with van der Waals surface area (Å²) in [5.41, 5.74) is 1.75. The summed E-state index contributed by atoms with van der Waals surface area (Å²) in [4.78, 5) is 29.0. The molecule has 9 nitrogen and oxygen atoms in total. The smallest absolute Gasteiger partial charge is 0.264 e. The minimum absolute atomic E-state index is 0.00405. The van der Waals surface area contributed by atoms with Gasteiger partial charge < -0.3 is 19.7 Å². The summed E-state index contributed by atoms with van der Waals surface area (Å²) in [5, 5.41) is 3.46. The first-order valence-electron chi connectivity index (χ1n) is 14.2. The van der Waals surface area contributed by atoms with Crippen LogP contribution in [0.5, 0.6) is 11.5 Å². The predicted octanol–water partition coefficient (Wildman–Crippen LogP) is 5.58. The van der Waals surface area contributed by atoms with Crippen molar-refractivity contribution >= 4 is 39.1 Å². The highest BCUT2D eigenvalue weighted by molar-refractivity contribution is 7.92. The molecule has 0 heterocycles. The van der Waals surface area contributed by atoms with Crippen LogP contribution in [0.1, 0.15) is 44.2 Å². The van der Waals surface area contributed by atoms with Crippen LogP contribution in [-0.2, 0) is 26.2 Å².